The Morgan fingerprint density at radius 2 is 2.05 bits per heavy atom. The molecule has 20 heavy (non-hydrogen) atoms. The lowest BCUT2D eigenvalue weighted by Gasteiger charge is -2.06. The number of hydrogen-bond acceptors (Lipinski definition) is 2. The first kappa shape index (κ1) is 14.9. The van der Waals surface area contributed by atoms with E-state index >= 15 is 0 Å². The zero-order chi connectivity index (χ0) is 14.5. The Kier molecular flexibility index (Phi) is 5.07. The first-order valence-electron chi connectivity index (χ1n) is 6.98. The molecule has 0 radical (unpaired) electrons. The van der Waals surface area contributed by atoms with Gasteiger partial charge in [0.05, 0.1) is 6.54 Å². The largest absolute Gasteiger partial charge is 0.293 e. The molecule has 0 N–H and O–H groups in total. The maximum absolute atomic E-state index is 13.5. The van der Waals surface area contributed by atoms with Crippen molar-refractivity contribution in [2.24, 2.45) is 4.99 Å². The minimum atomic E-state index is -0.198. The monoisotopic (exact) mass is 289 g/mol. The van der Waals surface area contributed by atoms with Crippen LogP contribution in [0.15, 0.2) is 35.3 Å². The van der Waals surface area contributed by atoms with E-state index in [1.54, 1.807) is 17.4 Å². The molecule has 0 aliphatic heterocycles. The summed E-state index contributed by atoms with van der Waals surface area (Å²) in [4.78, 5) is 6.89. The van der Waals surface area contributed by atoms with Crippen LogP contribution in [0, 0.1) is 5.82 Å². The molecular formula is C17H20FNS. The lowest BCUT2D eigenvalue weighted by atomic mass is 10.1. The molecule has 2 rings (SSSR count). The van der Waals surface area contributed by atoms with Crippen LogP contribution in [0.2, 0.25) is 0 Å². The molecule has 0 spiro atoms. The van der Waals surface area contributed by atoms with E-state index in [9.17, 15) is 4.39 Å². The van der Waals surface area contributed by atoms with E-state index in [1.165, 1.54) is 15.8 Å². The van der Waals surface area contributed by atoms with Crippen LogP contribution in [0.3, 0.4) is 0 Å². The second kappa shape index (κ2) is 6.80. The van der Waals surface area contributed by atoms with Gasteiger partial charge in [-0.25, -0.2) is 4.39 Å². The lowest BCUT2D eigenvalue weighted by Crippen LogP contribution is -1.89. The normalized spacial score (nSPS) is 11.7. The standard InChI is InChI=1S/C17H20FNS/c1-4-9-19-11-13-10-14(18)5-6-15(13)17-8-7-16(20-17)12(2)3/h5-10,12H,4,11H2,1-3H3. The second-order valence-electron chi connectivity index (χ2n) is 5.09. The quantitative estimate of drug-likeness (QED) is 0.630. The molecule has 0 fully saturated rings. The molecule has 1 aromatic carbocycles. The Morgan fingerprint density at radius 1 is 1.25 bits per heavy atom. The Bertz CT molecular complexity index is 599. The molecule has 106 valence electrons. The van der Waals surface area contributed by atoms with E-state index in [0.29, 0.717) is 12.5 Å². The lowest BCUT2D eigenvalue weighted by molar-refractivity contribution is 0.626. The van der Waals surface area contributed by atoms with Crippen LogP contribution in [-0.4, -0.2) is 6.21 Å². The summed E-state index contributed by atoms with van der Waals surface area (Å²) in [6, 6.07) is 9.27. The summed E-state index contributed by atoms with van der Waals surface area (Å²) in [5.41, 5.74) is 2.04. The van der Waals surface area contributed by atoms with Crippen LogP contribution >= 0.6 is 11.3 Å². The average molecular weight is 289 g/mol. The van der Waals surface area contributed by atoms with Gasteiger partial charge in [0.1, 0.15) is 5.82 Å². The summed E-state index contributed by atoms with van der Waals surface area (Å²) in [6.07, 6.45) is 2.78. The number of hydrogen-bond donors (Lipinski definition) is 0. The van der Waals surface area contributed by atoms with Gasteiger partial charge in [0.25, 0.3) is 0 Å². The average Bonchev–Trinajstić information content (AvgIpc) is 2.89. The van der Waals surface area contributed by atoms with Crippen LogP contribution < -0.4 is 0 Å². The van der Waals surface area contributed by atoms with Gasteiger partial charge in [-0.2, -0.15) is 0 Å². The molecule has 0 saturated heterocycles. The Balaban J connectivity index is 2.36. The van der Waals surface area contributed by atoms with Crippen LogP contribution in [0.4, 0.5) is 4.39 Å². The van der Waals surface area contributed by atoms with Crippen molar-refractivity contribution in [1.29, 1.82) is 0 Å². The second-order valence-corrected chi connectivity index (χ2v) is 6.21. The molecule has 0 unspecified atom stereocenters. The topological polar surface area (TPSA) is 12.4 Å². The van der Waals surface area contributed by atoms with Gasteiger partial charge in [0.2, 0.25) is 0 Å². The van der Waals surface area contributed by atoms with Crippen molar-refractivity contribution >= 4 is 17.6 Å². The minimum absolute atomic E-state index is 0.198. The molecule has 2 aromatic rings. The number of nitrogens with zero attached hydrogens (tertiary/aromatic N) is 1. The molecule has 0 atom stereocenters. The number of benzene rings is 1. The Hall–Kier alpha value is -1.48. The van der Waals surface area contributed by atoms with E-state index in [4.69, 9.17) is 0 Å². The SMILES string of the molecule is CCC=NCc1cc(F)ccc1-c1ccc(C(C)C)s1. The van der Waals surface area contributed by atoms with E-state index < -0.39 is 0 Å². The summed E-state index contributed by atoms with van der Waals surface area (Å²) in [5.74, 6) is 0.326. The third-order valence-corrected chi connectivity index (χ3v) is 4.52. The van der Waals surface area contributed by atoms with Gasteiger partial charge in [-0.15, -0.1) is 11.3 Å². The summed E-state index contributed by atoms with van der Waals surface area (Å²) < 4.78 is 13.5. The van der Waals surface area contributed by atoms with Gasteiger partial charge in [-0.1, -0.05) is 26.8 Å². The van der Waals surface area contributed by atoms with Gasteiger partial charge >= 0.3 is 0 Å². The van der Waals surface area contributed by atoms with Crippen molar-refractivity contribution in [2.45, 2.75) is 39.7 Å². The highest BCUT2D eigenvalue weighted by atomic mass is 32.1. The fourth-order valence-electron chi connectivity index (χ4n) is 2.03. The molecule has 0 saturated carbocycles. The Morgan fingerprint density at radius 3 is 2.70 bits per heavy atom. The highest BCUT2D eigenvalue weighted by molar-refractivity contribution is 7.15. The molecule has 0 bridgehead atoms. The van der Waals surface area contributed by atoms with E-state index in [1.807, 2.05) is 19.2 Å². The van der Waals surface area contributed by atoms with Crippen LogP contribution in [0.1, 0.15) is 43.6 Å². The van der Waals surface area contributed by atoms with Crippen molar-refractivity contribution in [3.8, 4) is 10.4 Å². The minimum Gasteiger partial charge on any atom is -0.293 e. The molecule has 1 heterocycles. The molecule has 1 nitrogen and oxygen atoms in total. The van der Waals surface area contributed by atoms with E-state index in [2.05, 4.69) is 31.0 Å². The molecule has 3 heteroatoms. The number of aliphatic imine (C=N–C) groups is 1. The molecule has 0 amide bonds. The fraction of sp³-hybridized carbons (Fsp3) is 0.353. The molecular weight excluding hydrogens is 269 g/mol. The summed E-state index contributed by atoms with van der Waals surface area (Å²) in [6.45, 7) is 6.96. The molecule has 0 aliphatic rings. The van der Waals surface area contributed by atoms with Gasteiger partial charge in [-0.3, -0.25) is 4.99 Å². The zero-order valence-corrected chi connectivity index (χ0v) is 13.0. The smallest absolute Gasteiger partial charge is 0.123 e. The van der Waals surface area contributed by atoms with Crippen LogP contribution in [-0.2, 0) is 6.54 Å². The van der Waals surface area contributed by atoms with Crippen molar-refractivity contribution in [2.75, 3.05) is 0 Å². The fourth-order valence-corrected chi connectivity index (χ4v) is 3.10. The van der Waals surface area contributed by atoms with Crippen molar-refractivity contribution in [1.82, 2.24) is 0 Å². The van der Waals surface area contributed by atoms with Crippen LogP contribution in [0.25, 0.3) is 10.4 Å². The summed E-state index contributed by atoms with van der Waals surface area (Å²) in [7, 11) is 0. The number of thiophene rings is 1. The predicted octanol–water partition coefficient (Wildman–Crippen LogP) is 5.66. The third kappa shape index (κ3) is 3.54. The Labute approximate surface area is 124 Å². The molecule has 0 aliphatic carbocycles. The highest BCUT2D eigenvalue weighted by Gasteiger charge is 2.10. The van der Waals surface area contributed by atoms with Gasteiger partial charge in [0, 0.05) is 9.75 Å². The predicted molar refractivity (Wildman–Crippen MR) is 86.3 cm³/mol. The molecule has 1 aromatic heterocycles. The van der Waals surface area contributed by atoms with Crippen molar-refractivity contribution < 1.29 is 4.39 Å². The zero-order valence-electron chi connectivity index (χ0n) is 12.2. The highest BCUT2D eigenvalue weighted by Crippen LogP contribution is 2.34. The van der Waals surface area contributed by atoms with Crippen molar-refractivity contribution in [3.63, 3.8) is 0 Å². The van der Waals surface area contributed by atoms with Gasteiger partial charge < -0.3 is 0 Å². The number of halogens is 1. The van der Waals surface area contributed by atoms with Crippen molar-refractivity contribution in [3.05, 3.63) is 46.6 Å². The first-order chi connectivity index (χ1) is 9.61. The van der Waals surface area contributed by atoms with Crippen LogP contribution in [0.5, 0.6) is 0 Å². The third-order valence-electron chi connectivity index (χ3n) is 3.10. The number of rotatable bonds is 5. The maximum atomic E-state index is 13.5. The maximum Gasteiger partial charge on any atom is 0.123 e. The summed E-state index contributed by atoms with van der Waals surface area (Å²) >= 11 is 1.78. The van der Waals surface area contributed by atoms with Gasteiger partial charge in [-0.05, 0) is 53.9 Å². The van der Waals surface area contributed by atoms with E-state index in [0.717, 1.165) is 17.5 Å². The van der Waals surface area contributed by atoms with Gasteiger partial charge in [0.15, 0.2) is 0 Å². The first-order valence-corrected chi connectivity index (χ1v) is 7.80. The van der Waals surface area contributed by atoms with E-state index in [-0.39, 0.29) is 5.82 Å². The summed E-state index contributed by atoms with van der Waals surface area (Å²) in [5, 5.41) is 0.